The van der Waals surface area contributed by atoms with Crippen molar-refractivity contribution in [2.75, 3.05) is 19.8 Å². The molecule has 1 aliphatic rings. The highest BCUT2D eigenvalue weighted by atomic mass is 19.1. The van der Waals surface area contributed by atoms with E-state index in [1.807, 2.05) is 0 Å². The van der Waals surface area contributed by atoms with Crippen LogP contribution >= 0.6 is 0 Å². The first kappa shape index (κ1) is 14.8. The van der Waals surface area contributed by atoms with Gasteiger partial charge in [0.2, 0.25) is 5.82 Å². The smallest absolute Gasteiger partial charge is 0.305 e. The van der Waals surface area contributed by atoms with Crippen molar-refractivity contribution in [1.82, 2.24) is 5.32 Å². The Kier molecular flexibility index (Phi) is 4.64. The molecule has 0 unspecified atom stereocenters. The summed E-state index contributed by atoms with van der Waals surface area (Å²) in [5.41, 5.74) is -1.17. The number of nitrogens with zero attached hydrogens (tertiary/aromatic N) is 1. The van der Waals surface area contributed by atoms with E-state index < -0.39 is 22.0 Å². The van der Waals surface area contributed by atoms with Crippen LogP contribution in [0, 0.1) is 15.9 Å². The van der Waals surface area contributed by atoms with Crippen LogP contribution in [0.5, 0.6) is 0 Å². The maximum Gasteiger partial charge on any atom is 0.305 e. The van der Waals surface area contributed by atoms with Crippen molar-refractivity contribution >= 4 is 5.69 Å². The van der Waals surface area contributed by atoms with Gasteiger partial charge in [-0.2, -0.15) is 4.39 Å². The second kappa shape index (κ2) is 6.25. The lowest BCUT2D eigenvalue weighted by molar-refractivity contribution is -0.387. The van der Waals surface area contributed by atoms with Crippen molar-refractivity contribution in [3.63, 3.8) is 0 Å². The van der Waals surface area contributed by atoms with Gasteiger partial charge in [0.05, 0.1) is 10.5 Å². The average Bonchev–Trinajstić information content (AvgIpc) is 2.41. The Hall–Kier alpha value is -1.57. The zero-order valence-electron chi connectivity index (χ0n) is 11.0. The molecule has 0 aliphatic carbocycles. The summed E-state index contributed by atoms with van der Waals surface area (Å²) in [7, 11) is 0. The third-order valence-corrected chi connectivity index (χ3v) is 3.45. The van der Waals surface area contributed by atoms with Crippen LogP contribution in [0.2, 0.25) is 0 Å². The molecule has 0 aromatic heterocycles. The fourth-order valence-corrected chi connectivity index (χ4v) is 2.20. The lowest BCUT2D eigenvalue weighted by Crippen LogP contribution is -2.44. The lowest BCUT2D eigenvalue weighted by atomic mass is 9.94. The van der Waals surface area contributed by atoms with Crippen LogP contribution in [0.1, 0.15) is 18.4 Å². The zero-order valence-corrected chi connectivity index (χ0v) is 11.0. The fraction of sp³-hybridized carbons (Fsp3) is 0.538. The molecule has 2 N–H and O–H groups in total. The summed E-state index contributed by atoms with van der Waals surface area (Å²) in [5, 5.41) is 23.8. The van der Waals surface area contributed by atoms with Crippen molar-refractivity contribution in [3.05, 3.63) is 39.7 Å². The molecule has 0 amide bonds. The molecule has 0 saturated carbocycles. The van der Waals surface area contributed by atoms with Crippen molar-refractivity contribution in [1.29, 1.82) is 0 Å². The average molecular weight is 284 g/mol. The van der Waals surface area contributed by atoms with Gasteiger partial charge in [-0.25, -0.2) is 0 Å². The maximum absolute atomic E-state index is 13.8. The van der Waals surface area contributed by atoms with Crippen LogP contribution < -0.4 is 5.32 Å². The summed E-state index contributed by atoms with van der Waals surface area (Å²) in [6.45, 7) is 1.45. The van der Waals surface area contributed by atoms with Crippen molar-refractivity contribution < 1.29 is 19.2 Å². The number of hydrogen-bond donors (Lipinski definition) is 2. The predicted octanol–water partition coefficient (Wildman–Crippen LogP) is 1.36. The molecular weight excluding hydrogens is 267 g/mol. The van der Waals surface area contributed by atoms with E-state index in [9.17, 15) is 19.6 Å². The zero-order chi connectivity index (χ0) is 14.6. The lowest BCUT2D eigenvalue weighted by Gasteiger charge is -2.32. The molecule has 6 nitrogen and oxygen atoms in total. The number of nitro groups is 1. The second-order valence-corrected chi connectivity index (χ2v) is 4.95. The Bertz CT molecular complexity index is 489. The molecule has 1 saturated heterocycles. The van der Waals surface area contributed by atoms with Gasteiger partial charge in [0, 0.05) is 50.8 Å². The third-order valence-electron chi connectivity index (χ3n) is 3.45. The molecule has 1 aromatic rings. The largest absolute Gasteiger partial charge is 0.388 e. The van der Waals surface area contributed by atoms with E-state index in [0.717, 1.165) is 6.07 Å². The van der Waals surface area contributed by atoms with E-state index in [2.05, 4.69) is 5.32 Å². The first-order valence-electron chi connectivity index (χ1n) is 6.44. The number of nitrogens with one attached hydrogen (secondary N) is 1. The van der Waals surface area contributed by atoms with Crippen LogP contribution in [-0.4, -0.2) is 35.4 Å². The molecular formula is C13H17FN2O4. The van der Waals surface area contributed by atoms with Gasteiger partial charge in [0.1, 0.15) is 0 Å². The Morgan fingerprint density at radius 3 is 2.80 bits per heavy atom. The minimum absolute atomic E-state index is 0.136. The molecule has 7 heteroatoms. The van der Waals surface area contributed by atoms with E-state index in [-0.39, 0.29) is 12.1 Å². The monoisotopic (exact) mass is 284 g/mol. The molecule has 0 atom stereocenters. The minimum atomic E-state index is -0.852. The van der Waals surface area contributed by atoms with E-state index in [0.29, 0.717) is 32.6 Å². The second-order valence-electron chi connectivity index (χ2n) is 4.95. The summed E-state index contributed by atoms with van der Waals surface area (Å²) >= 11 is 0. The van der Waals surface area contributed by atoms with Gasteiger partial charge in [0.25, 0.3) is 0 Å². The molecule has 1 heterocycles. The van der Waals surface area contributed by atoms with Crippen molar-refractivity contribution in [2.24, 2.45) is 0 Å². The standard InChI is InChI=1S/C13H17FN2O4/c14-12-10(2-1-3-11(12)16(18)19)8-15-9-13(17)4-6-20-7-5-13/h1-3,15,17H,4-9H2. The number of hydrogen-bond acceptors (Lipinski definition) is 5. The van der Waals surface area contributed by atoms with Crippen LogP contribution in [0.15, 0.2) is 18.2 Å². The van der Waals surface area contributed by atoms with Gasteiger partial charge in [-0.1, -0.05) is 12.1 Å². The molecule has 0 bridgehead atoms. The summed E-state index contributed by atoms with van der Waals surface area (Å²) in [6.07, 6.45) is 1.05. The SMILES string of the molecule is O=[N+]([O-])c1cccc(CNCC2(O)CCOCC2)c1F. The van der Waals surface area contributed by atoms with E-state index in [1.54, 1.807) is 0 Å². The first-order chi connectivity index (χ1) is 9.52. The number of halogens is 1. The van der Waals surface area contributed by atoms with Gasteiger partial charge < -0.3 is 15.2 Å². The van der Waals surface area contributed by atoms with Crippen molar-refractivity contribution in [3.8, 4) is 0 Å². The van der Waals surface area contributed by atoms with Gasteiger partial charge in [-0.3, -0.25) is 10.1 Å². The molecule has 20 heavy (non-hydrogen) atoms. The predicted molar refractivity (Wildman–Crippen MR) is 69.8 cm³/mol. The van der Waals surface area contributed by atoms with Crippen LogP contribution in [0.3, 0.4) is 0 Å². The molecule has 1 fully saturated rings. The van der Waals surface area contributed by atoms with Crippen LogP contribution in [-0.2, 0) is 11.3 Å². The summed E-state index contributed by atoms with van der Waals surface area (Å²) in [5.74, 6) is -0.830. The molecule has 0 radical (unpaired) electrons. The van der Waals surface area contributed by atoms with E-state index in [4.69, 9.17) is 4.74 Å². The highest BCUT2D eigenvalue weighted by molar-refractivity contribution is 5.36. The normalized spacial score (nSPS) is 17.9. The Balaban J connectivity index is 1.94. The Morgan fingerprint density at radius 1 is 1.45 bits per heavy atom. The summed E-state index contributed by atoms with van der Waals surface area (Å²) in [4.78, 5) is 9.89. The number of ether oxygens (including phenoxy) is 1. The molecule has 1 aromatic carbocycles. The number of nitro benzene ring substituents is 1. The molecule has 110 valence electrons. The molecule has 2 rings (SSSR count). The third kappa shape index (κ3) is 3.50. The quantitative estimate of drug-likeness (QED) is 0.630. The highest BCUT2D eigenvalue weighted by Gasteiger charge is 2.29. The minimum Gasteiger partial charge on any atom is -0.388 e. The van der Waals surface area contributed by atoms with Crippen LogP contribution in [0.25, 0.3) is 0 Å². The Labute approximate surface area is 115 Å². The highest BCUT2D eigenvalue weighted by Crippen LogP contribution is 2.21. The number of benzene rings is 1. The summed E-state index contributed by atoms with van der Waals surface area (Å²) in [6, 6.07) is 4.07. The first-order valence-corrected chi connectivity index (χ1v) is 6.44. The molecule has 1 aliphatic heterocycles. The van der Waals surface area contributed by atoms with Gasteiger partial charge in [-0.05, 0) is 0 Å². The number of aliphatic hydroxyl groups is 1. The van der Waals surface area contributed by atoms with Gasteiger partial charge >= 0.3 is 5.69 Å². The summed E-state index contributed by atoms with van der Waals surface area (Å²) < 4.78 is 19.0. The molecule has 0 spiro atoms. The topological polar surface area (TPSA) is 84.6 Å². The fourth-order valence-electron chi connectivity index (χ4n) is 2.20. The van der Waals surface area contributed by atoms with Crippen molar-refractivity contribution in [2.45, 2.75) is 25.0 Å². The maximum atomic E-state index is 13.8. The Morgan fingerprint density at radius 2 is 2.15 bits per heavy atom. The number of rotatable bonds is 5. The van der Waals surface area contributed by atoms with Gasteiger partial charge in [-0.15, -0.1) is 0 Å². The van der Waals surface area contributed by atoms with Crippen LogP contribution in [0.4, 0.5) is 10.1 Å². The van der Waals surface area contributed by atoms with E-state index in [1.165, 1.54) is 12.1 Å². The van der Waals surface area contributed by atoms with E-state index >= 15 is 0 Å². The van der Waals surface area contributed by atoms with Gasteiger partial charge in [0.15, 0.2) is 0 Å².